The number of likely N-dealkylation sites (N-methyl/N-ethyl adjacent to an activating group) is 1. The molecule has 0 saturated heterocycles. The number of benzene rings is 2. The first-order valence-corrected chi connectivity index (χ1v) is 10.3. The molecule has 0 bridgehead atoms. The second kappa shape index (κ2) is 8.63. The monoisotopic (exact) mass is 396 g/mol. The second-order valence-electron chi connectivity index (χ2n) is 6.80. The maximum absolute atomic E-state index is 6.05. The zero-order valence-corrected chi connectivity index (χ0v) is 16.9. The Labute approximate surface area is 169 Å². The van der Waals surface area contributed by atoms with Gasteiger partial charge in [0.25, 0.3) is 0 Å². The Morgan fingerprint density at radius 3 is 2.71 bits per heavy atom. The van der Waals surface area contributed by atoms with Gasteiger partial charge in [0.15, 0.2) is 11.5 Å². The molecule has 0 radical (unpaired) electrons. The van der Waals surface area contributed by atoms with Crippen LogP contribution in [-0.2, 0) is 6.54 Å². The highest BCUT2D eigenvalue weighted by Gasteiger charge is 2.22. The molecule has 146 valence electrons. The molecule has 1 atom stereocenters. The molecule has 0 saturated carbocycles. The molecular weight excluding hydrogens is 372 g/mol. The molecule has 1 aliphatic rings. The van der Waals surface area contributed by atoms with Crippen molar-refractivity contribution in [2.45, 2.75) is 19.6 Å². The van der Waals surface area contributed by atoms with E-state index in [2.05, 4.69) is 29.5 Å². The minimum Gasteiger partial charge on any atom is -0.494 e. The predicted molar refractivity (Wildman–Crippen MR) is 111 cm³/mol. The minimum absolute atomic E-state index is 0.0177. The van der Waals surface area contributed by atoms with Crippen LogP contribution in [-0.4, -0.2) is 42.8 Å². The van der Waals surface area contributed by atoms with Gasteiger partial charge in [-0.1, -0.05) is 12.1 Å². The van der Waals surface area contributed by atoms with Gasteiger partial charge in [0.2, 0.25) is 0 Å². The number of fused-ring (bicyclic) bond motifs is 1. The highest BCUT2D eigenvalue weighted by atomic mass is 32.1. The van der Waals surface area contributed by atoms with E-state index in [0.29, 0.717) is 13.2 Å². The lowest BCUT2D eigenvalue weighted by atomic mass is 10.2. The molecule has 0 unspecified atom stereocenters. The van der Waals surface area contributed by atoms with Crippen molar-refractivity contribution in [1.29, 1.82) is 0 Å². The Balaban J connectivity index is 1.33. The summed E-state index contributed by atoms with van der Waals surface area (Å²) in [7, 11) is 2.08. The molecule has 2 aromatic carbocycles. The number of thiazole rings is 1. The molecule has 0 amide bonds. The van der Waals surface area contributed by atoms with Crippen molar-refractivity contribution in [2.75, 3.05) is 26.8 Å². The van der Waals surface area contributed by atoms with Crippen LogP contribution in [0.2, 0.25) is 0 Å². The van der Waals surface area contributed by atoms with Crippen molar-refractivity contribution in [3.8, 4) is 27.8 Å². The number of para-hydroxylation sites is 2. The van der Waals surface area contributed by atoms with E-state index in [1.54, 1.807) is 11.3 Å². The average molecular weight is 397 g/mol. The van der Waals surface area contributed by atoms with Gasteiger partial charge in [0.1, 0.15) is 23.5 Å². The van der Waals surface area contributed by atoms with Crippen molar-refractivity contribution < 1.29 is 14.2 Å². The lowest BCUT2D eigenvalue weighted by Crippen LogP contribution is -2.39. The molecule has 5 nitrogen and oxygen atoms in total. The summed E-state index contributed by atoms with van der Waals surface area (Å²) in [6.07, 6.45) is 0.0177. The van der Waals surface area contributed by atoms with Crippen LogP contribution in [0.3, 0.4) is 0 Å². The zero-order chi connectivity index (χ0) is 19.3. The Morgan fingerprint density at radius 1 is 1.14 bits per heavy atom. The van der Waals surface area contributed by atoms with E-state index in [0.717, 1.165) is 46.6 Å². The van der Waals surface area contributed by atoms with Crippen LogP contribution in [0.1, 0.15) is 12.6 Å². The van der Waals surface area contributed by atoms with Crippen molar-refractivity contribution in [1.82, 2.24) is 9.88 Å². The molecule has 4 rings (SSSR count). The number of rotatable bonds is 7. The largest absolute Gasteiger partial charge is 0.494 e. The summed E-state index contributed by atoms with van der Waals surface area (Å²) in [6, 6.07) is 15.9. The van der Waals surface area contributed by atoms with Crippen LogP contribution in [0.4, 0.5) is 0 Å². The highest BCUT2D eigenvalue weighted by molar-refractivity contribution is 7.13. The molecule has 0 spiro atoms. The molecule has 1 aromatic heterocycles. The van der Waals surface area contributed by atoms with Gasteiger partial charge in [0.05, 0.1) is 12.3 Å². The summed E-state index contributed by atoms with van der Waals surface area (Å²) >= 11 is 1.67. The molecule has 0 aliphatic carbocycles. The fourth-order valence-electron chi connectivity index (χ4n) is 3.21. The highest BCUT2D eigenvalue weighted by Crippen LogP contribution is 2.31. The van der Waals surface area contributed by atoms with Gasteiger partial charge >= 0.3 is 0 Å². The van der Waals surface area contributed by atoms with Gasteiger partial charge in [-0.05, 0) is 50.4 Å². The van der Waals surface area contributed by atoms with Crippen LogP contribution in [0.25, 0.3) is 10.6 Å². The second-order valence-corrected chi connectivity index (χ2v) is 7.65. The zero-order valence-electron chi connectivity index (χ0n) is 16.1. The topological polar surface area (TPSA) is 43.8 Å². The maximum Gasteiger partial charge on any atom is 0.161 e. The van der Waals surface area contributed by atoms with E-state index in [-0.39, 0.29) is 6.10 Å². The quantitative estimate of drug-likeness (QED) is 0.589. The summed E-state index contributed by atoms with van der Waals surface area (Å²) in [5, 5.41) is 3.15. The van der Waals surface area contributed by atoms with Crippen molar-refractivity contribution in [3.05, 3.63) is 59.6 Å². The number of ether oxygens (including phenoxy) is 3. The van der Waals surface area contributed by atoms with Crippen LogP contribution in [0.5, 0.6) is 17.2 Å². The van der Waals surface area contributed by atoms with E-state index >= 15 is 0 Å². The fourth-order valence-corrected chi connectivity index (χ4v) is 4.03. The first-order chi connectivity index (χ1) is 13.7. The fraction of sp³-hybridized carbons (Fsp3) is 0.318. The minimum atomic E-state index is 0.0177. The van der Waals surface area contributed by atoms with Crippen molar-refractivity contribution >= 4 is 11.3 Å². The van der Waals surface area contributed by atoms with Crippen molar-refractivity contribution in [3.63, 3.8) is 0 Å². The summed E-state index contributed by atoms with van der Waals surface area (Å²) < 4.78 is 17.4. The van der Waals surface area contributed by atoms with Gasteiger partial charge < -0.3 is 14.2 Å². The lowest BCUT2D eigenvalue weighted by molar-refractivity contribution is 0.0636. The van der Waals surface area contributed by atoms with E-state index in [4.69, 9.17) is 19.2 Å². The normalized spacial score (nSPS) is 15.6. The molecule has 2 heterocycles. The Kier molecular flexibility index (Phi) is 5.78. The summed E-state index contributed by atoms with van der Waals surface area (Å²) in [4.78, 5) is 7.01. The summed E-state index contributed by atoms with van der Waals surface area (Å²) in [5.74, 6) is 2.53. The third kappa shape index (κ3) is 4.46. The van der Waals surface area contributed by atoms with Gasteiger partial charge in [-0.2, -0.15) is 0 Å². The van der Waals surface area contributed by atoms with E-state index in [1.165, 1.54) is 0 Å². The average Bonchev–Trinajstić information content (AvgIpc) is 3.17. The van der Waals surface area contributed by atoms with Crippen molar-refractivity contribution in [2.24, 2.45) is 0 Å². The molecule has 28 heavy (non-hydrogen) atoms. The van der Waals surface area contributed by atoms with Gasteiger partial charge in [-0.25, -0.2) is 4.98 Å². The predicted octanol–water partition coefficient (Wildman–Crippen LogP) is 4.48. The van der Waals surface area contributed by atoms with E-state index in [1.807, 2.05) is 43.3 Å². The van der Waals surface area contributed by atoms with Gasteiger partial charge in [-0.3, -0.25) is 4.90 Å². The Morgan fingerprint density at radius 2 is 1.93 bits per heavy atom. The third-order valence-corrected chi connectivity index (χ3v) is 5.42. The number of hydrogen-bond acceptors (Lipinski definition) is 6. The summed E-state index contributed by atoms with van der Waals surface area (Å²) in [5.41, 5.74) is 2.18. The Bertz CT molecular complexity index is 910. The lowest BCUT2D eigenvalue weighted by Gasteiger charge is -2.29. The number of nitrogens with zero attached hydrogens (tertiary/aromatic N) is 2. The van der Waals surface area contributed by atoms with Crippen LogP contribution in [0, 0.1) is 0 Å². The molecular formula is C22H24N2O3S. The molecule has 6 heteroatoms. The van der Waals surface area contributed by atoms with Gasteiger partial charge in [-0.15, -0.1) is 11.3 Å². The molecule has 0 N–H and O–H groups in total. The maximum atomic E-state index is 6.05. The van der Waals surface area contributed by atoms with Crippen LogP contribution < -0.4 is 14.2 Å². The van der Waals surface area contributed by atoms with E-state index < -0.39 is 0 Å². The summed E-state index contributed by atoms with van der Waals surface area (Å²) in [6.45, 7) is 4.78. The van der Waals surface area contributed by atoms with Crippen LogP contribution in [0.15, 0.2) is 53.9 Å². The molecule has 1 aliphatic heterocycles. The molecule has 3 aromatic rings. The first kappa shape index (κ1) is 18.8. The smallest absolute Gasteiger partial charge is 0.161 e. The third-order valence-electron chi connectivity index (χ3n) is 4.48. The SMILES string of the molecule is CCOc1ccc(-c2nc(CN(C)C[C@@H]3COc4ccccc4O3)cs2)cc1. The molecule has 0 fully saturated rings. The van der Waals surface area contributed by atoms with Gasteiger partial charge in [0, 0.05) is 24.0 Å². The Hall–Kier alpha value is -2.57. The standard InChI is InChI=1S/C22H24N2O3S/c1-3-25-18-10-8-16(9-11-18)22-23-17(15-28-22)12-24(2)13-19-14-26-20-6-4-5-7-21(20)27-19/h4-11,15,19H,3,12-14H2,1-2H3/t19-/m1/s1. The first-order valence-electron chi connectivity index (χ1n) is 9.46. The van der Waals surface area contributed by atoms with Crippen LogP contribution >= 0.6 is 11.3 Å². The number of hydrogen-bond donors (Lipinski definition) is 0. The number of aromatic nitrogens is 1. The van der Waals surface area contributed by atoms with E-state index in [9.17, 15) is 0 Å².